The van der Waals surface area contributed by atoms with Crippen LogP contribution in [0.1, 0.15) is 85.5 Å². The second-order valence-corrected chi connectivity index (χ2v) is 5.99. The van der Waals surface area contributed by atoms with Gasteiger partial charge in [-0.15, -0.1) is 0 Å². The van der Waals surface area contributed by atoms with E-state index in [0.29, 0.717) is 12.2 Å². The summed E-state index contributed by atoms with van der Waals surface area (Å²) in [4.78, 5) is 10.8. The maximum absolute atomic E-state index is 10.8. The van der Waals surface area contributed by atoms with E-state index >= 15 is 0 Å². The number of rotatable bonds is 11. The molecule has 0 spiro atoms. The predicted molar refractivity (Wildman–Crippen MR) is 80.8 cm³/mol. The maximum Gasteiger partial charge on any atom is 0.130 e. The molecule has 0 bridgehead atoms. The lowest BCUT2D eigenvalue weighted by molar-refractivity contribution is -0.116. The highest BCUT2D eigenvalue weighted by molar-refractivity contribution is 5.75. The Bertz CT molecular complexity index is 238. The fraction of sp³-hybridized carbons (Fsp3) is 0.824. The van der Waals surface area contributed by atoms with Gasteiger partial charge in [0.1, 0.15) is 5.78 Å². The predicted octanol–water partition coefficient (Wildman–Crippen LogP) is 5.69. The first kappa shape index (κ1) is 17.4. The highest BCUT2D eigenvalue weighted by Gasteiger charge is 1.96. The summed E-state index contributed by atoms with van der Waals surface area (Å²) >= 11 is 0. The van der Waals surface area contributed by atoms with Gasteiger partial charge in [0, 0.05) is 6.42 Å². The Morgan fingerprint density at radius 2 is 1.56 bits per heavy atom. The summed E-state index contributed by atoms with van der Waals surface area (Å²) in [5.74, 6) is 1.15. The van der Waals surface area contributed by atoms with E-state index in [9.17, 15) is 4.79 Å². The molecule has 0 N–H and O–H groups in total. The molecule has 0 radical (unpaired) electrons. The van der Waals surface area contributed by atoms with Crippen molar-refractivity contribution in [3.63, 3.8) is 0 Å². The van der Waals surface area contributed by atoms with Crippen molar-refractivity contribution in [1.29, 1.82) is 0 Å². The average molecular weight is 252 g/mol. The SMILES string of the molecule is CC(=O)CC/C=C(/C)CCCCCCCC(C)C. The van der Waals surface area contributed by atoms with Crippen LogP contribution in [0, 0.1) is 5.92 Å². The summed E-state index contributed by atoms with van der Waals surface area (Å²) in [5.41, 5.74) is 1.46. The minimum Gasteiger partial charge on any atom is -0.300 e. The number of hydrogen-bond acceptors (Lipinski definition) is 1. The van der Waals surface area contributed by atoms with Crippen LogP contribution < -0.4 is 0 Å². The second kappa shape index (κ2) is 11.5. The number of hydrogen-bond donors (Lipinski definition) is 0. The van der Waals surface area contributed by atoms with Crippen LogP contribution in [0.2, 0.25) is 0 Å². The van der Waals surface area contributed by atoms with E-state index in [1.54, 1.807) is 6.92 Å². The Labute approximate surface area is 114 Å². The summed E-state index contributed by atoms with van der Waals surface area (Å²) in [6, 6.07) is 0. The Balaban J connectivity index is 3.34. The van der Waals surface area contributed by atoms with Crippen molar-refractivity contribution >= 4 is 5.78 Å². The number of Topliss-reactive ketones (excluding diaryl/α,β-unsaturated/α-hetero) is 1. The van der Waals surface area contributed by atoms with Gasteiger partial charge in [-0.25, -0.2) is 0 Å². The van der Waals surface area contributed by atoms with Crippen molar-refractivity contribution in [2.75, 3.05) is 0 Å². The Kier molecular flexibility index (Phi) is 11.1. The summed E-state index contributed by atoms with van der Waals surface area (Å²) in [5, 5.41) is 0. The molecular weight excluding hydrogens is 220 g/mol. The molecule has 0 aromatic heterocycles. The first-order chi connectivity index (χ1) is 8.52. The van der Waals surface area contributed by atoms with Crippen LogP contribution in [0.4, 0.5) is 0 Å². The van der Waals surface area contributed by atoms with E-state index in [-0.39, 0.29) is 0 Å². The van der Waals surface area contributed by atoms with Gasteiger partial charge in [-0.1, -0.05) is 57.6 Å². The highest BCUT2D eigenvalue weighted by atomic mass is 16.1. The average Bonchev–Trinajstić information content (AvgIpc) is 2.26. The molecular formula is C17H32O. The molecule has 0 atom stereocenters. The van der Waals surface area contributed by atoms with Gasteiger partial charge >= 0.3 is 0 Å². The monoisotopic (exact) mass is 252 g/mol. The smallest absolute Gasteiger partial charge is 0.130 e. The molecule has 0 rings (SSSR count). The molecule has 106 valence electrons. The van der Waals surface area contributed by atoms with E-state index in [0.717, 1.165) is 12.3 Å². The normalized spacial score (nSPS) is 12.2. The van der Waals surface area contributed by atoms with Gasteiger partial charge in [-0.3, -0.25) is 0 Å². The molecule has 0 aromatic carbocycles. The number of carbonyl (C=O) groups excluding carboxylic acids is 1. The molecule has 0 heterocycles. The summed E-state index contributed by atoms with van der Waals surface area (Å²) in [6.45, 7) is 8.46. The van der Waals surface area contributed by atoms with Crippen LogP contribution >= 0.6 is 0 Å². The fourth-order valence-electron chi connectivity index (χ4n) is 2.11. The zero-order chi connectivity index (χ0) is 13.8. The quantitative estimate of drug-likeness (QED) is 0.341. The van der Waals surface area contributed by atoms with Gasteiger partial charge < -0.3 is 4.79 Å². The number of carbonyl (C=O) groups is 1. The Hall–Kier alpha value is -0.590. The molecule has 0 unspecified atom stereocenters. The first-order valence-corrected chi connectivity index (χ1v) is 7.67. The van der Waals surface area contributed by atoms with Crippen LogP contribution in [-0.4, -0.2) is 5.78 Å². The second-order valence-electron chi connectivity index (χ2n) is 5.99. The molecule has 0 saturated carbocycles. The zero-order valence-corrected chi connectivity index (χ0v) is 12.9. The number of unbranched alkanes of at least 4 members (excludes halogenated alkanes) is 4. The minimum atomic E-state index is 0.296. The summed E-state index contributed by atoms with van der Waals surface area (Å²) in [6.07, 6.45) is 13.3. The van der Waals surface area contributed by atoms with Crippen molar-refractivity contribution in [3.05, 3.63) is 11.6 Å². The third kappa shape index (κ3) is 13.5. The summed E-state index contributed by atoms with van der Waals surface area (Å²) < 4.78 is 0. The van der Waals surface area contributed by atoms with E-state index in [4.69, 9.17) is 0 Å². The van der Waals surface area contributed by atoms with E-state index < -0.39 is 0 Å². The number of allylic oxidation sites excluding steroid dienone is 2. The topological polar surface area (TPSA) is 17.1 Å². The molecule has 18 heavy (non-hydrogen) atoms. The largest absolute Gasteiger partial charge is 0.300 e. The van der Waals surface area contributed by atoms with Crippen LogP contribution in [0.5, 0.6) is 0 Å². The van der Waals surface area contributed by atoms with Crippen molar-refractivity contribution in [2.24, 2.45) is 5.92 Å². The van der Waals surface area contributed by atoms with Gasteiger partial charge in [0.2, 0.25) is 0 Å². The third-order valence-corrected chi connectivity index (χ3v) is 3.34. The first-order valence-electron chi connectivity index (χ1n) is 7.67. The minimum absolute atomic E-state index is 0.296. The lowest BCUT2D eigenvalue weighted by Gasteiger charge is -2.04. The van der Waals surface area contributed by atoms with Gasteiger partial charge in [0.15, 0.2) is 0 Å². The Morgan fingerprint density at radius 3 is 2.17 bits per heavy atom. The fourth-order valence-corrected chi connectivity index (χ4v) is 2.11. The van der Waals surface area contributed by atoms with Gasteiger partial charge in [0.05, 0.1) is 0 Å². The molecule has 0 saturated heterocycles. The van der Waals surface area contributed by atoms with Crippen LogP contribution in [-0.2, 0) is 4.79 Å². The maximum atomic E-state index is 10.8. The molecule has 0 aliphatic rings. The van der Waals surface area contributed by atoms with Crippen LogP contribution in [0.15, 0.2) is 11.6 Å². The van der Waals surface area contributed by atoms with Crippen molar-refractivity contribution in [1.82, 2.24) is 0 Å². The van der Waals surface area contributed by atoms with E-state index in [2.05, 4.69) is 26.8 Å². The Morgan fingerprint density at radius 1 is 0.944 bits per heavy atom. The third-order valence-electron chi connectivity index (χ3n) is 3.34. The lowest BCUT2D eigenvalue weighted by atomic mass is 10.0. The molecule has 0 fully saturated rings. The molecule has 1 nitrogen and oxygen atoms in total. The number of ketones is 1. The van der Waals surface area contributed by atoms with Crippen LogP contribution in [0.3, 0.4) is 0 Å². The molecule has 0 aliphatic heterocycles. The van der Waals surface area contributed by atoms with Gasteiger partial charge in [-0.05, 0) is 39.0 Å². The van der Waals surface area contributed by atoms with Crippen molar-refractivity contribution in [3.8, 4) is 0 Å². The molecule has 0 aliphatic carbocycles. The van der Waals surface area contributed by atoms with Crippen LogP contribution in [0.25, 0.3) is 0 Å². The van der Waals surface area contributed by atoms with E-state index in [1.165, 1.54) is 50.5 Å². The van der Waals surface area contributed by atoms with Gasteiger partial charge in [-0.2, -0.15) is 0 Å². The van der Waals surface area contributed by atoms with Crippen molar-refractivity contribution in [2.45, 2.75) is 85.5 Å². The molecule has 1 heteroatoms. The van der Waals surface area contributed by atoms with Crippen molar-refractivity contribution < 1.29 is 4.79 Å². The van der Waals surface area contributed by atoms with Gasteiger partial charge in [0.25, 0.3) is 0 Å². The summed E-state index contributed by atoms with van der Waals surface area (Å²) in [7, 11) is 0. The standard InChI is InChI=1S/C17H32O/c1-15(2)11-8-6-5-7-9-12-16(3)13-10-14-17(4)18/h13,15H,5-12,14H2,1-4H3/b16-13-. The molecule has 0 aromatic rings. The lowest BCUT2D eigenvalue weighted by Crippen LogP contribution is -1.88. The zero-order valence-electron chi connectivity index (χ0n) is 12.9. The molecule has 0 amide bonds. The van der Waals surface area contributed by atoms with E-state index in [1.807, 2.05) is 0 Å². The highest BCUT2D eigenvalue weighted by Crippen LogP contribution is 2.14.